The van der Waals surface area contributed by atoms with Gasteiger partial charge in [-0.1, -0.05) is 13.2 Å². The SMILES string of the molecule is C=C(C)C(=O)OC(C)OC1CCC(OC(C)OC(=O)C(=C)C)O1. The highest BCUT2D eigenvalue weighted by molar-refractivity contribution is 5.87. The number of ether oxygens (including phenoxy) is 5. The zero-order chi connectivity index (χ0) is 17.6. The lowest BCUT2D eigenvalue weighted by atomic mass is 10.3. The summed E-state index contributed by atoms with van der Waals surface area (Å²) in [4.78, 5) is 22.7. The van der Waals surface area contributed by atoms with Gasteiger partial charge in [0.1, 0.15) is 0 Å². The molecule has 0 aromatic carbocycles. The van der Waals surface area contributed by atoms with Gasteiger partial charge in [0.25, 0.3) is 0 Å². The normalized spacial score (nSPS) is 23.0. The number of rotatable bonds is 8. The summed E-state index contributed by atoms with van der Waals surface area (Å²) >= 11 is 0. The van der Waals surface area contributed by atoms with Crippen molar-refractivity contribution in [2.24, 2.45) is 0 Å². The smallest absolute Gasteiger partial charge is 0.335 e. The quantitative estimate of drug-likeness (QED) is 0.384. The van der Waals surface area contributed by atoms with E-state index < -0.39 is 37.1 Å². The molecule has 0 aliphatic carbocycles. The minimum absolute atomic E-state index is 0.294. The van der Waals surface area contributed by atoms with Crippen molar-refractivity contribution in [2.75, 3.05) is 0 Å². The van der Waals surface area contributed by atoms with Gasteiger partial charge in [0.15, 0.2) is 12.6 Å². The monoisotopic (exact) mass is 328 g/mol. The molecule has 1 rings (SSSR count). The molecule has 1 fully saturated rings. The molecule has 0 amide bonds. The largest absolute Gasteiger partial charge is 0.433 e. The summed E-state index contributed by atoms with van der Waals surface area (Å²) in [5.74, 6) is -1.05. The van der Waals surface area contributed by atoms with Crippen LogP contribution in [0.2, 0.25) is 0 Å². The molecule has 0 radical (unpaired) electrons. The summed E-state index contributed by atoms with van der Waals surface area (Å²) in [5, 5.41) is 0. The standard InChI is InChI=1S/C16H24O7/c1-9(2)15(17)21-11(5)19-13-7-8-14(23-13)20-12(6)22-16(18)10(3)4/h11-14H,1,3,7-8H2,2,4-6H3. The van der Waals surface area contributed by atoms with Crippen molar-refractivity contribution in [1.29, 1.82) is 0 Å². The number of carbonyl (C=O) groups excluding carboxylic acids is 2. The molecule has 130 valence electrons. The molecule has 4 atom stereocenters. The third-order valence-electron chi connectivity index (χ3n) is 2.87. The van der Waals surface area contributed by atoms with Crippen LogP contribution in [0.3, 0.4) is 0 Å². The molecular formula is C16H24O7. The van der Waals surface area contributed by atoms with Crippen LogP contribution in [0.15, 0.2) is 24.3 Å². The van der Waals surface area contributed by atoms with Crippen molar-refractivity contribution < 1.29 is 33.3 Å². The van der Waals surface area contributed by atoms with Gasteiger partial charge in [-0.2, -0.15) is 0 Å². The van der Waals surface area contributed by atoms with Crippen LogP contribution in [-0.4, -0.2) is 37.1 Å². The summed E-state index contributed by atoms with van der Waals surface area (Å²) in [5.41, 5.74) is 0.587. The maximum atomic E-state index is 11.4. The van der Waals surface area contributed by atoms with Crippen molar-refractivity contribution in [3.05, 3.63) is 24.3 Å². The highest BCUT2D eigenvalue weighted by Gasteiger charge is 2.30. The topological polar surface area (TPSA) is 80.3 Å². The molecule has 23 heavy (non-hydrogen) atoms. The van der Waals surface area contributed by atoms with E-state index in [0.29, 0.717) is 24.0 Å². The Morgan fingerprint density at radius 3 is 1.57 bits per heavy atom. The van der Waals surface area contributed by atoms with E-state index in [2.05, 4.69) is 13.2 Å². The predicted octanol–water partition coefficient (Wildman–Crippen LogP) is 2.41. The Morgan fingerprint density at radius 2 is 1.26 bits per heavy atom. The van der Waals surface area contributed by atoms with Gasteiger partial charge in [-0.05, 0) is 27.7 Å². The first-order valence-electron chi connectivity index (χ1n) is 7.38. The molecule has 7 heteroatoms. The van der Waals surface area contributed by atoms with Crippen molar-refractivity contribution >= 4 is 11.9 Å². The van der Waals surface area contributed by atoms with Crippen molar-refractivity contribution in [2.45, 2.75) is 65.7 Å². The molecule has 4 unspecified atom stereocenters. The molecule has 1 aliphatic rings. The molecule has 1 heterocycles. The predicted molar refractivity (Wildman–Crippen MR) is 80.8 cm³/mol. The van der Waals surface area contributed by atoms with Gasteiger partial charge in [0.2, 0.25) is 12.6 Å². The molecule has 0 aromatic rings. The second-order valence-corrected chi connectivity index (χ2v) is 5.35. The minimum Gasteiger partial charge on any atom is -0.433 e. The lowest BCUT2D eigenvalue weighted by Crippen LogP contribution is -2.28. The van der Waals surface area contributed by atoms with Gasteiger partial charge >= 0.3 is 11.9 Å². The average molecular weight is 328 g/mol. The molecule has 7 nitrogen and oxygen atoms in total. The van der Waals surface area contributed by atoms with Gasteiger partial charge in [-0.3, -0.25) is 0 Å². The van der Waals surface area contributed by atoms with Gasteiger partial charge in [0, 0.05) is 24.0 Å². The Hall–Kier alpha value is -1.70. The highest BCUT2D eigenvalue weighted by atomic mass is 16.8. The molecule has 1 aliphatic heterocycles. The Labute approximate surface area is 136 Å². The lowest BCUT2D eigenvalue weighted by molar-refractivity contribution is -0.279. The van der Waals surface area contributed by atoms with Gasteiger partial charge in [-0.15, -0.1) is 0 Å². The lowest BCUT2D eigenvalue weighted by Gasteiger charge is -2.21. The Bertz CT molecular complexity index is 429. The fourth-order valence-electron chi connectivity index (χ4n) is 1.76. The molecular weight excluding hydrogens is 304 g/mol. The van der Waals surface area contributed by atoms with Crippen LogP contribution in [0.5, 0.6) is 0 Å². The minimum atomic E-state index is -0.762. The van der Waals surface area contributed by atoms with Crippen LogP contribution in [-0.2, 0) is 33.3 Å². The first-order chi connectivity index (χ1) is 10.7. The van der Waals surface area contributed by atoms with E-state index in [1.165, 1.54) is 0 Å². The highest BCUT2D eigenvalue weighted by Crippen LogP contribution is 2.24. The maximum Gasteiger partial charge on any atom is 0.335 e. The van der Waals surface area contributed by atoms with E-state index in [1.807, 2.05) is 0 Å². The summed E-state index contributed by atoms with van der Waals surface area (Å²) in [6.07, 6.45) is -1.50. The van der Waals surface area contributed by atoms with E-state index in [9.17, 15) is 9.59 Å². The van der Waals surface area contributed by atoms with Crippen molar-refractivity contribution in [3.63, 3.8) is 0 Å². The fourth-order valence-corrected chi connectivity index (χ4v) is 1.76. The average Bonchev–Trinajstić information content (AvgIpc) is 2.84. The van der Waals surface area contributed by atoms with Crippen molar-refractivity contribution in [1.82, 2.24) is 0 Å². The van der Waals surface area contributed by atoms with Crippen LogP contribution in [0, 0.1) is 0 Å². The second kappa shape index (κ2) is 8.81. The van der Waals surface area contributed by atoms with Gasteiger partial charge < -0.3 is 23.7 Å². The summed E-state index contributed by atoms with van der Waals surface area (Å²) < 4.78 is 26.4. The van der Waals surface area contributed by atoms with E-state index in [4.69, 9.17) is 23.7 Å². The Balaban J connectivity index is 2.32. The zero-order valence-electron chi connectivity index (χ0n) is 14.0. The van der Waals surface area contributed by atoms with Crippen molar-refractivity contribution in [3.8, 4) is 0 Å². The van der Waals surface area contributed by atoms with Crippen LogP contribution >= 0.6 is 0 Å². The van der Waals surface area contributed by atoms with Gasteiger partial charge in [0.05, 0.1) is 0 Å². The molecule has 0 aromatic heterocycles. The summed E-state index contributed by atoms with van der Waals surface area (Å²) in [6.45, 7) is 13.3. The maximum absolute atomic E-state index is 11.4. The Kier molecular flexibility index (Phi) is 7.41. The number of esters is 2. The zero-order valence-corrected chi connectivity index (χ0v) is 14.0. The van der Waals surface area contributed by atoms with E-state index in [0.717, 1.165) is 0 Å². The molecule has 0 bridgehead atoms. The van der Waals surface area contributed by atoms with Crippen LogP contribution < -0.4 is 0 Å². The molecule has 0 saturated carbocycles. The third-order valence-corrected chi connectivity index (χ3v) is 2.87. The summed E-state index contributed by atoms with van der Waals surface area (Å²) in [7, 11) is 0. The Morgan fingerprint density at radius 1 is 0.913 bits per heavy atom. The number of hydrogen-bond acceptors (Lipinski definition) is 7. The van der Waals surface area contributed by atoms with Crippen LogP contribution in [0.4, 0.5) is 0 Å². The third kappa shape index (κ3) is 6.94. The van der Waals surface area contributed by atoms with Crippen LogP contribution in [0.25, 0.3) is 0 Å². The first kappa shape index (κ1) is 19.3. The van der Waals surface area contributed by atoms with E-state index in [1.54, 1.807) is 27.7 Å². The first-order valence-corrected chi connectivity index (χ1v) is 7.38. The van der Waals surface area contributed by atoms with E-state index in [-0.39, 0.29) is 0 Å². The molecule has 1 saturated heterocycles. The van der Waals surface area contributed by atoms with Crippen LogP contribution in [0.1, 0.15) is 40.5 Å². The molecule has 0 N–H and O–H groups in total. The summed E-state index contributed by atoms with van der Waals surface area (Å²) in [6, 6.07) is 0. The molecule has 0 spiro atoms. The van der Waals surface area contributed by atoms with E-state index >= 15 is 0 Å². The second-order valence-electron chi connectivity index (χ2n) is 5.35. The number of carbonyl (C=O) groups is 2. The fraction of sp³-hybridized carbons (Fsp3) is 0.625. The van der Waals surface area contributed by atoms with Gasteiger partial charge in [-0.25, -0.2) is 9.59 Å². The number of hydrogen-bond donors (Lipinski definition) is 0.